The molecule has 4 nitrogen and oxygen atoms in total. The maximum atomic E-state index is 12.7. The molecule has 0 N–H and O–H groups in total. The van der Waals surface area contributed by atoms with Gasteiger partial charge in [-0.05, 0) is 42.8 Å². The summed E-state index contributed by atoms with van der Waals surface area (Å²) in [6, 6.07) is 13.2. The minimum Gasteiger partial charge on any atom is -0.297 e. The standard InChI is InChI=1S/C21H16ClF3N2O2/c1-13(19(28)12-14-2-6-16(7-3-14)21(23,24)25)27-20(29)11-10-18(26-27)15-4-8-17(22)9-5-15/h2-11,13H,12H2,1H3. The zero-order valence-corrected chi connectivity index (χ0v) is 16.0. The number of carbonyl (C=O) groups is 1. The Hall–Kier alpha value is -2.93. The third-order valence-corrected chi connectivity index (χ3v) is 4.71. The van der Waals surface area contributed by atoms with E-state index in [1.54, 1.807) is 30.3 Å². The molecule has 8 heteroatoms. The van der Waals surface area contributed by atoms with Gasteiger partial charge in [0.15, 0.2) is 5.78 Å². The second kappa shape index (κ2) is 8.21. The van der Waals surface area contributed by atoms with Gasteiger partial charge in [0.1, 0.15) is 6.04 Å². The lowest BCUT2D eigenvalue weighted by Gasteiger charge is -2.14. The third kappa shape index (κ3) is 4.92. The van der Waals surface area contributed by atoms with Crippen LogP contribution in [0.2, 0.25) is 5.02 Å². The van der Waals surface area contributed by atoms with Gasteiger partial charge >= 0.3 is 6.18 Å². The molecular weight excluding hydrogens is 405 g/mol. The van der Waals surface area contributed by atoms with Crippen LogP contribution in [0.3, 0.4) is 0 Å². The van der Waals surface area contributed by atoms with Crippen LogP contribution in [-0.2, 0) is 17.4 Å². The summed E-state index contributed by atoms with van der Waals surface area (Å²) < 4.78 is 39.0. The zero-order chi connectivity index (χ0) is 21.2. The Labute approximate surface area is 169 Å². The highest BCUT2D eigenvalue weighted by atomic mass is 35.5. The second-order valence-corrected chi connectivity index (χ2v) is 6.96. The zero-order valence-electron chi connectivity index (χ0n) is 15.3. The van der Waals surface area contributed by atoms with Crippen LogP contribution in [0.25, 0.3) is 11.3 Å². The quantitative estimate of drug-likeness (QED) is 0.586. The van der Waals surface area contributed by atoms with Crippen molar-refractivity contribution in [3.63, 3.8) is 0 Å². The predicted molar refractivity (Wildman–Crippen MR) is 104 cm³/mol. The summed E-state index contributed by atoms with van der Waals surface area (Å²) in [7, 11) is 0. The first-order valence-electron chi connectivity index (χ1n) is 8.70. The van der Waals surface area contributed by atoms with Gasteiger partial charge in [0, 0.05) is 23.1 Å². The molecule has 0 fully saturated rings. The molecule has 1 aromatic heterocycles. The van der Waals surface area contributed by atoms with Gasteiger partial charge in [-0.3, -0.25) is 9.59 Å². The Morgan fingerprint density at radius 2 is 1.66 bits per heavy atom. The molecule has 1 heterocycles. The summed E-state index contributed by atoms with van der Waals surface area (Å²) in [5.74, 6) is -0.340. The van der Waals surface area contributed by atoms with E-state index in [9.17, 15) is 22.8 Å². The lowest BCUT2D eigenvalue weighted by Crippen LogP contribution is -2.30. The molecule has 1 atom stereocenters. The first kappa shape index (κ1) is 20.8. The molecule has 0 saturated carbocycles. The number of alkyl halides is 3. The van der Waals surface area contributed by atoms with Gasteiger partial charge in [0.2, 0.25) is 0 Å². The molecule has 0 saturated heterocycles. The minimum atomic E-state index is -4.44. The Morgan fingerprint density at radius 1 is 1.03 bits per heavy atom. The van der Waals surface area contributed by atoms with Crippen LogP contribution in [0.5, 0.6) is 0 Å². The van der Waals surface area contributed by atoms with Crippen LogP contribution in [-0.4, -0.2) is 15.6 Å². The van der Waals surface area contributed by atoms with Crippen LogP contribution in [0, 0.1) is 0 Å². The maximum Gasteiger partial charge on any atom is 0.416 e. The van der Waals surface area contributed by atoms with Gasteiger partial charge in [0.25, 0.3) is 5.56 Å². The second-order valence-electron chi connectivity index (χ2n) is 6.52. The SMILES string of the molecule is CC(C(=O)Cc1ccc(C(F)(F)F)cc1)n1nc(-c2ccc(Cl)cc2)ccc1=O. The third-order valence-electron chi connectivity index (χ3n) is 4.46. The van der Waals surface area contributed by atoms with E-state index in [1.807, 2.05) is 0 Å². The summed E-state index contributed by atoms with van der Waals surface area (Å²) in [6.45, 7) is 1.53. The number of benzene rings is 2. The van der Waals surface area contributed by atoms with Crippen molar-refractivity contribution in [2.75, 3.05) is 0 Å². The molecular formula is C21H16ClF3N2O2. The molecule has 3 rings (SSSR count). The van der Waals surface area contributed by atoms with E-state index in [1.165, 1.54) is 25.1 Å². The van der Waals surface area contributed by atoms with Gasteiger partial charge in [-0.2, -0.15) is 18.3 Å². The van der Waals surface area contributed by atoms with Crippen LogP contribution < -0.4 is 5.56 Å². The number of hydrogen-bond donors (Lipinski definition) is 0. The minimum absolute atomic E-state index is 0.113. The van der Waals surface area contributed by atoms with Crippen molar-refractivity contribution in [2.45, 2.75) is 25.6 Å². The molecule has 3 aromatic rings. The lowest BCUT2D eigenvalue weighted by atomic mass is 10.0. The fraction of sp³-hybridized carbons (Fsp3) is 0.190. The van der Waals surface area contributed by atoms with E-state index < -0.39 is 23.3 Å². The first-order valence-corrected chi connectivity index (χ1v) is 9.07. The Bertz CT molecular complexity index is 1070. The average Bonchev–Trinajstić information content (AvgIpc) is 2.68. The van der Waals surface area contributed by atoms with Gasteiger partial charge in [-0.15, -0.1) is 0 Å². The smallest absolute Gasteiger partial charge is 0.297 e. The molecule has 0 aliphatic heterocycles. The fourth-order valence-corrected chi connectivity index (χ4v) is 2.90. The number of aromatic nitrogens is 2. The molecule has 29 heavy (non-hydrogen) atoms. The highest BCUT2D eigenvalue weighted by Gasteiger charge is 2.30. The van der Waals surface area contributed by atoms with Gasteiger partial charge in [-0.1, -0.05) is 35.9 Å². The average molecular weight is 421 g/mol. The van der Waals surface area contributed by atoms with E-state index in [2.05, 4.69) is 5.10 Å². The van der Waals surface area contributed by atoms with Crippen LogP contribution in [0.4, 0.5) is 13.2 Å². The number of halogens is 4. The molecule has 2 aromatic carbocycles. The molecule has 0 spiro atoms. The van der Waals surface area contributed by atoms with Crippen molar-refractivity contribution in [1.82, 2.24) is 9.78 Å². The van der Waals surface area contributed by atoms with E-state index in [0.29, 0.717) is 16.3 Å². The van der Waals surface area contributed by atoms with Gasteiger partial charge in [-0.25, -0.2) is 4.68 Å². The first-order chi connectivity index (χ1) is 13.6. The highest BCUT2D eigenvalue weighted by Crippen LogP contribution is 2.29. The summed E-state index contributed by atoms with van der Waals surface area (Å²) in [4.78, 5) is 24.8. The molecule has 0 radical (unpaired) electrons. The summed E-state index contributed by atoms with van der Waals surface area (Å²) in [5.41, 5.74) is 0.420. The molecule has 1 unspecified atom stereocenters. The fourth-order valence-electron chi connectivity index (χ4n) is 2.77. The Balaban J connectivity index is 1.81. The molecule has 150 valence electrons. The number of hydrogen-bond acceptors (Lipinski definition) is 3. The maximum absolute atomic E-state index is 12.7. The largest absolute Gasteiger partial charge is 0.416 e. The molecule has 0 aliphatic carbocycles. The summed E-state index contributed by atoms with van der Waals surface area (Å²) in [6.07, 6.45) is -4.55. The van der Waals surface area contributed by atoms with E-state index in [0.717, 1.165) is 22.4 Å². The summed E-state index contributed by atoms with van der Waals surface area (Å²) in [5, 5.41) is 4.83. The Kier molecular flexibility index (Phi) is 5.88. The normalized spacial score (nSPS) is 12.6. The van der Waals surface area contributed by atoms with Gasteiger partial charge < -0.3 is 0 Å². The van der Waals surface area contributed by atoms with Crippen molar-refractivity contribution < 1.29 is 18.0 Å². The van der Waals surface area contributed by atoms with E-state index in [-0.39, 0.29) is 12.2 Å². The number of carbonyl (C=O) groups excluding carboxylic acids is 1. The molecule has 0 aliphatic rings. The van der Waals surface area contributed by atoms with Crippen molar-refractivity contribution in [3.05, 3.63) is 87.2 Å². The number of ketones is 1. The number of nitrogens with zero attached hydrogens (tertiary/aromatic N) is 2. The van der Waals surface area contributed by atoms with Crippen LogP contribution in [0.1, 0.15) is 24.1 Å². The van der Waals surface area contributed by atoms with Crippen molar-refractivity contribution in [2.24, 2.45) is 0 Å². The summed E-state index contributed by atoms with van der Waals surface area (Å²) >= 11 is 5.88. The lowest BCUT2D eigenvalue weighted by molar-refractivity contribution is -0.137. The highest BCUT2D eigenvalue weighted by molar-refractivity contribution is 6.30. The van der Waals surface area contributed by atoms with E-state index >= 15 is 0 Å². The molecule has 0 bridgehead atoms. The number of rotatable bonds is 5. The van der Waals surface area contributed by atoms with Crippen LogP contribution >= 0.6 is 11.6 Å². The van der Waals surface area contributed by atoms with Crippen molar-refractivity contribution in [3.8, 4) is 11.3 Å². The monoisotopic (exact) mass is 420 g/mol. The van der Waals surface area contributed by atoms with Gasteiger partial charge in [0.05, 0.1) is 11.3 Å². The number of Topliss-reactive ketones (excluding diaryl/α,β-unsaturated/α-hetero) is 1. The van der Waals surface area contributed by atoms with Crippen molar-refractivity contribution >= 4 is 17.4 Å². The van der Waals surface area contributed by atoms with Crippen LogP contribution in [0.15, 0.2) is 65.5 Å². The topological polar surface area (TPSA) is 52.0 Å². The predicted octanol–water partition coefficient (Wildman–Crippen LogP) is 4.96. The molecule has 0 amide bonds. The van der Waals surface area contributed by atoms with E-state index in [4.69, 9.17) is 11.6 Å². The van der Waals surface area contributed by atoms with Crippen molar-refractivity contribution in [1.29, 1.82) is 0 Å². The Morgan fingerprint density at radius 3 is 2.24 bits per heavy atom.